The van der Waals surface area contributed by atoms with Gasteiger partial charge in [0.05, 0.1) is 35.7 Å². The highest BCUT2D eigenvalue weighted by Gasteiger charge is 2.15. The Morgan fingerprint density at radius 3 is 2.65 bits per heavy atom. The van der Waals surface area contributed by atoms with E-state index in [0.29, 0.717) is 16.7 Å². The molecule has 0 bridgehead atoms. The van der Waals surface area contributed by atoms with Crippen LogP contribution in [0.4, 0.5) is 0 Å². The van der Waals surface area contributed by atoms with Crippen LogP contribution in [-0.4, -0.2) is 40.6 Å². The van der Waals surface area contributed by atoms with Gasteiger partial charge in [0.2, 0.25) is 0 Å². The van der Waals surface area contributed by atoms with Crippen molar-refractivity contribution in [3.63, 3.8) is 0 Å². The van der Waals surface area contributed by atoms with Crippen LogP contribution in [0.1, 0.15) is 16.2 Å². The number of benzene rings is 1. The molecule has 4 aromatic heterocycles. The van der Waals surface area contributed by atoms with Gasteiger partial charge in [-0.15, -0.1) is 0 Å². The number of carbonyl (C=O) groups excluding carboxylic acids is 1. The summed E-state index contributed by atoms with van der Waals surface area (Å²) in [6.45, 7) is 0.276. The monoisotopic (exact) mass is 410 g/mol. The minimum absolute atomic E-state index is 0.276. The molecule has 1 aromatic carbocycles. The Kier molecular flexibility index (Phi) is 4.68. The second-order valence-corrected chi connectivity index (χ2v) is 6.96. The fourth-order valence-electron chi connectivity index (χ4n) is 3.30. The summed E-state index contributed by atoms with van der Waals surface area (Å²) in [6, 6.07) is 13.8. The highest BCUT2D eigenvalue weighted by atomic mass is 16.1. The summed E-state index contributed by atoms with van der Waals surface area (Å²) >= 11 is 0. The molecule has 0 saturated carbocycles. The molecule has 1 amide bonds. The molecular formula is C22H18N8O. The number of aryl methyl sites for hydroxylation is 1. The first-order chi connectivity index (χ1) is 15.2. The number of nitrogens with one attached hydrogen (secondary N) is 2. The van der Waals surface area contributed by atoms with Gasteiger partial charge in [-0.3, -0.25) is 14.5 Å². The van der Waals surface area contributed by atoms with E-state index in [9.17, 15) is 4.79 Å². The van der Waals surface area contributed by atoms with Crippen LogP contribution in [0.5, 0.6) is 0 Å². The largest absolute Gasteiger partial charge is 0.345 e. The molecule has 0 aliphatic carbocycles. The Balaban J connectivity index is 1.28. The van der Waals surface area contributed by atoms with E-state index in [4.69, 9.17) is 0 Å². The average molecular weight is 410 g/mol. The maximum absolute atomic E-state index is 12.6. The number of nitrogens with zero attached hydrogens (tertiary/aromatic N) is 6. The molecule has 0 unspecified atom stereocenters. The van der Waals surface area contributed by atoms with Gasteiger partial charge in [-0.05, 0) is 17.7 Å². The van der Waals surface area contributed by atoms with Gasteiger partial charge in [0, 0.05) is 18.8 Å². The second-order valence-electron chi connectivity index (χ2n) is 6.96. The molecule has 0 aliphatic heterocycles. The van der Waals surface area contributed by atoms with E-state index >= 15 is 0 Å². The van der Waals surface area contributed by atoms with E-state index in [1.165, 1.54) is 6.33 Å². The van der Waals surface area contributed by atoms with E-state index in [0.717, 1.165) is 28.3 Å². The highest BCUT2D eigenvalue weighted by Crippen LogP contribution is 2.21. The standard InChI is InChI=1S/C22H18N8O/c1-30-21-17(11-28-30)19(26-13-27-21)22(31)25-10-16-8-7-15(9-23-16)20-24-12-18(29-20)14-5-3-2-4-6-14/h2-9,11-13H,10H2,1H3,(H,24,29)(H,25,31). The van der Waals surface area contributed by atoms with Crippen LogP contribution in [0.3, 0.4) is 0 Å². The molecule has 2 N–H and O–H groups in total. The third kappa shape index (κ3) is 3.64. The number of hydrogen-bond donors (Lipinski definition) is 2. The number of fused-ring (bicyclic) bond motifs is 1. The van der Waals surface area contributed by atoms with Crippen molar-refractivity contribution < 1.29 is 4.79 Å². The van der Waals surface area contributed by atoms with Crippen LogP contribution < -0.4 is 5.32 Å². The first-order valence-electron chi connectivity index (χ1n) is 9.65. The maximum Gasteiger partial charge on any atom is 0.271 e. The molecule has 5 rings (SSSR count). The van der Waals surface area contributed by atoms with Crippen LogP contribution in [-0.2, 0) is 13.6 Å². The lowest BCUT2D eigenvalue weighted by Gasteiger charge is -2.06. The summed E-state index contributed by atoms with van der Waals surface area (Å²) in [5.41, 5.74) is 4.50. The summed E-state index contributed by atoms with van der Waals surface area (Å²) in [4.78, 5) is 33.0. The molecule has 0 spiro atoms. The van der Waals surface area contributed by atoms with Gasteiger partial charge in [-0.2, -0.15) is 5.10 Å². The Hall–Kier alpha value is -4.40. The molecule has 0 saturated heterocycles. The molecule has 0 fully saturated rings. The number of pyridine rings is 1. The summed E-state index contributed by atoms with van der Waals surface area (Å²) < 4.78 is 1.60. The van der Waals surface area contributed by atoms with Crippen molar-refractivity contribution in [2.75, 3.05) is 0 Å². The van der Waals surface area contributed by atoms with Gasteiger partial charge in [0.25, 0.3) is 5.91 Å². The number of rotatable bonds is 5. The van der Waals surface area contributed by atoms with Crippen molar-refractivity contribution in [2.45, 2.75) is 6.54 Å². The lowest BCUT2D eigenvalue weighted by Crippen LogP contribution is -2.24. The number of imidazole rings is 1. The molecule has 0 radical (unpaired) electrons. The molecular weight excluding hydrogens is 392 g/mol. The summed E-state index contributed by atoms with van der Waals surface area (Å²) in [6.07, 6.45) is 6.49. The Morgan fingerprint density at radius 1 is 0.968 bits per heavy atom. The second kappa shape index (κ2) is 7.79. The molecule has 9 nitrogen and oxygen atoms in total. The Morgan fingerprint density at radius 2 is 1.84 bits per heavy atom. The van der Waals surface area contributed by atoms with Crippen LogP contribution >= 0.6 is 0 Å². The third-order valence-electron chi connectivity index (χ3n) is 4.93. The van der Waals surface area contributed by atoms with Crippen molar-refractivity contribution in [3.8, 4) is 22.6 Å². The minimum atomic E-state index is -0.301. The number of amides is 1. The number of H-pyrrole nitrogens is 1. The fourth-order valence-corrected chi connectivity index (χ4v) is 3.30. The molecule has 0 aliphatic rings. The lowest BCUT2D eigenvalue weighted by molar-refractivity contribution is 0.0947. The van der Waals surface area contributed by atoms with E-state index in [1.54, 1.807) is 30.3 Å². The zero-order valence-corrected chi connectivity index (χ0v) is 16.6. The Bertz CT molecular complexity index is 1360. The van der Waals surface area contributed by atoms with E-state index in [2.05, 4.69) is 35.3 Å². The highest BCUT2D eigenvalue weighted by molar-refractivity contribution is 6.03. The van der Waals surface area contributed by atoms with Crippen molar-refractivity contribution in [1.82, 2.24) is 40.0 Å². The first kappa shape index (κ1) is 18.6. The number of hydrogen-bond acceptors (Lipinski definition) is 6. The van der Waals surface area contributed by atoms with Crippen molar-refractivity contribution in [2.24, 2.45) is 7.05 Å². The summed E-state index contributed by atoms with van der Waals surface area (Å²) in [5.74, 6) is 0.437. The normalized spacial score (nSPS) is 11.0. The van der Waals surface area contributed by atoms with Crippen LogP contribution in [0.15, 0.2) is 67.4 Å². The van der Waals surface area contributed by atoms with Crippen molar-refractivity contribution in [1.29, 1.82) is 0 Å². The number of carbonyl (C=O) groups is 1. The summed E-state index contributed by atoms with van der Waals surface area (Å²) in [7, 11) is 1.77. The SMILES string of the molecule is Cn1ncc2c(C(=O)NCc3ccc(-c4ncc(-c5ccccc5)[nH]4)cn3)ncnc21. The van der Waals surface area contributed by atoms with Crippen LogP contribution in [0.2, 0.25) is 0 Å². The Labute approximate surface area is 177 Å². The van der Waals surface area contributed by atoms with E-state index in [-0.39, 0.29) is 12.5 Å². The van der Waals surface area contributed by atoms with Gasteiger partial charge in [0.1, 0.15) is 17.8 Å². The third-order valence-corrected chi connectivity index (χ3v) is 4.93. The average Bonchev–Trinajstić information content (AvgIpc) is 3.46. The minimum Gasteiger partial charge on any atom is -0.345 e. The van der Waals surface area contributed by atoms with Gasteiger partial charge < -0.3 is 10.3 Å². The smallest absolute Gasteiger partial charge is 0.271 e. The predicted molar refractivity (Wildman–Crippen MR) is 115 cm³/mol. The fraction of sp³-hybridized carbons (Fsp3) is 0.0909. The van der Waals surface area contributed by atoms with E-state index < -0.39 is 0 Å². The lowest BCUT2D eigenvalue weighted by atomic mass is 10.2. The van der Waals surface area contributed by atoms with Gasteiger partial charge in [-0.1, -0.05) is 30.3 Å². The summed E-state index contributed by atoms with van der Waals surface area (Å²) in [5, 5.41) is 7.59. The van der Waals surface area contributed by atoms with Crippen molar-refractivity contribution >= 4 is 16.9 Å². The van der Waals surface area contributed by atoms with Gasteiger partial charge in [-0.25, -0.2) is 15.0 Å². The molecule has 5 aromatic rings. The molecule has 4 heterocycles. The zero-order chi connectivity index (χ0) is 21.2. The van der Waals surface area contributed by atoms with Crippen LogP contribution in [0, 0.1) is 0 Å². The molecule has 31 heavy (non-hydrogen) atoms. The molecule has 0 atom stereocenters. The van der Waals surface area contributed by atoms with Gasteiger partial charge >= 0.3 is 0 Å². The van der Waals surface area contributed by atoms with Crippen molar-refractivity contribution in [3.05, 3.63) is 78.8 Å². The molecule has 9 heteroatoms. The van der Waals surface area contributed by atoms with Crippen LogP contribution in [0.25, 0.3) is 33.7 Å². The molecule has 152 valence electrons. The zero-order valence-electron chi connectivity index (χ0n) is 16.6. The maximum atomic E-state index is 12.6. The van der Waals surface area contributed by atoms with E-state index in [1.807, 2.05) is 42.5 Å². The number of aromatic nitrogens is 7. The topological polar surface area (TPSA) is 114 Å². The number of aromatic amines is 1. The first-order valence-corrected chi connectivity index (χ1v) is 9.65. The quantitative estimate of drug-likeness (QED) is 0.460. The predicted octanol–water partition coefficient (Wildman–Crippen LogP) is 2.75. The van der Waals surface area contributed by atoms with Gasteiger partial charge in [0.15, 0.2) is 5.65 Å².